The van der Waals surface area contributed by atoms with Crippen LogP contribution in [0.5, 0.6) is 0 Å². The summed E-state index contributed by atoms with van der Waals surface area (Å²) in [6, 6.07) is -0.129. The molecule has 2 N–H and O–H groups in total. The molecular formula is C21H41IN4O4. The summed E-state index contributed by atoms with van der Waals surface area (Å²) in [7, 11) is 0. The fraction of sp³-hybridized carbons (Fsp3) is 0.857. The molecule has 1 atom stereocenters. The first-order valence-corrected chi connectivity index (χ1v) is 10.8. The van der Waals surface area contributed by atoms with Gasteiger partial charge in [-0.15, -0.1) is 24.0 Å². The maximum atomic E-state index is 12.1. The van der Waals surface area contributed by atoms with Gasteiger partial charge in [0.1, 0.15) is 5.60 Å². The molecule has 8 nitrogen and oxygen atoms in total. The summed E-state index contributed by atoms with van der Waals surface area (Å²) in [5.41, 5.74) is -0.535. The van der Waals surface area contributed by atoms with E-state index in [4.69, 9.17) is 14.5 Å². The number of likely N-dealkylation sites (tertiary alicyclic amines) is 1. The number of nitrogens with one attached hydrogen (secondary N) is 2. The first-order valence-electron chi connectivity index (χ1n) is 10.8. The van der Waals surface area contributed by atoms with E-state index < -0.39 is 11.7 Å². The Bertz CT molecular complexity index is 556. The summed E-state index contributed by atoms with van der Waals surface area (Å²) in [6.07, 6.45) is 1.09. The van der Waals surface area contributed by atoms with Gasteiger partial charge in [-0.2, -0.15) is 0 Å². The number of carbonyl (C=O) groups excluding carboxylic acids is 2. The molecule has 176 valence electrons. The van der Waals surface area contributed by atoms with E-state index >= 15 is 0 Å². The lowest BCUT2D eigenvalue weighted by atomic mass is 9.97. The van der Waals surface area contributed by atoms with Gasteiger partial charge in [0.2, 0.25) is 0 Å². The van der Waals surface area contributed by atoms with Crippen LogP contribution in [0.4, 0.5) is 4.79 Å². The molecule has 1 rings (SSSR count). The molecule has 0 aromatic carbocycles. The summed E-state index contributed by atoms with van der Waals surface area (Å²) in [6.45, 7) is 16.6. The number of piperidine rings is 1. The Morgan fingerprint density at radius 1 is 1.17 bits per heavy atom. The van der Waals surface area contributed by atoms with Gasteiger partial charge in [0.15, 0.2) is 5.96 Å². The smallest absolute Gasteiger partial charge is 0.407 e. The van der Waals surface area contributed by atoms with E-state index in [1.807, 2.05) is 34.6 Å². The third-order valence-corrected chi connectivity index (χ3v) is 4.69. The first kappa shape index (κ1) is 28.7. The zero-order valence-electron chi connectivity index (χ0n) is 19.6. The number of amides is 1. The number of rotatable bonds is 7. The van der Waals surface area contributed by atoms with E-state index in [0.717, 1.165) is 38.4 Å². The number of guanidine groups is 1. The molecule has 0 aromatic heterocycles. The fourth-order valence-electron chi connectivity index (χ4n) is 3.08. The van der Waals surface area contributed by atoms with Crippen LogP contribution in [0, 0.1) is 11.8 Å². The Labute approximate surface area is 198 Å². The molecule has 1 fully saturated rings. The van der Waals surface area contributed by atoms with Crippen LogP contribution in [0.25, 0.3) is 0 Å². The summed E-state index contributed by atoms with van der Waals surface area (Å²) >= 11 is 0. The second-order valence-electron chi connectivity index (χ2n) is 8.70. The molecular weight excluding hydrogens is 499 g/mol. The van der Waals surface area contributed by atoms with Crippen molar-refractivity contribution < 1.29 is 19.1 Å². The molecule has 0 bridgehead atoms. The van der Waals surface area contributed by atoms with Gasteiger partial charge in [0.25, 0.3) is 0 Å². The molecule has 0 aliphatic carbocycles. The van der Waals surface area contributed by atoms with Crippen molar-refractivity contribution in [2.24, 2.45) is 16.8 Å². The van der Waals surface area contributed by atoms with Gasteiger partial charge in [-0.1, -0.05) is 13.8 Å². The van der Waals surface area contributed by atoms with Crippen LogP contribution in [0.1, 0.15) is 61.3 Å². The largest absolute Gasteiger partial charge is 0.466 e. The van der Waals surface area contributed by atoms with Crippen molar-refractivity contribution in [3.63, 3.8) is 0 Å². The zero-order valence-corrected chi connectivity index (χ0v) is 21.9. The third-order valence-electron chi connectivity index (χ3n) is 4.69. The van der Waals surface area contributed by atoms with Crippen molar-refractivity contribution in [2.45, 2.75) is 73.0 Å². The Hall–Kier alpha value is -1.26. The predicted octanol–water partition coefficient (Wildman–Crippen LogP) is 3.39. The zero-order chi connectivity index (χ0) is 22.0. The lowest BCUT2D eigenvalue weighted by molar-refractivity contribution is -0.149. The highest BCUT2D eigenvalue weighted by atomic mass is 127. The quantitative estimate of drug-likeness (QED) is 0.223. The van der Waals surface area contributed by atoms with Crippen LogP contribution in [-0.2, 0) is 14.3 Å². The molecule has 9 heteroatoms. The number of nitrogens with zero attached hydrogens (tertiary/aromatic N) is 2. The number of esters is 1. The van der Waals surface area contributed by atoms with Crippen molar-refractivity contribution in [3.05, 3.63) is 0 Å². The monoisotopic (exact) mass is 540 g/mol. The molecule has 1 aliphatic rings. The highest BCUT2D eigenvalue weighted by molar-refractivity contribution is 14.0. The highest BCUT2D eigenvalue weighted by Crippen LogP contribution is 2.19. The summed E-state index contributed by atoms with van der Waals surface area (Å²) < 4.78 is 10.5. The minimum absolute atomic E-state index is 0. The number of carbonyl (C=O) groups is 2. The van der Waals surface area contributed by atoms with E-state index in [1.54, 1.807) is 0 Å². The van der Waals surface area contributed by atoms with E-state index in [0.29, 0.717) is 13.2 Å². The number of aliphatic imine (C=N–C) groups is 1. The molecule has 1 aliphatic heterocycles. The van der Waals surface area contributed by atoms with Gasteiger partial charge in [0, 0.05) is 19.6 Å². The number of alkyl carbamates (subject to hydrolysis) is 1. The van der Waals surface area contributed by atoms with Crippen LogP contribution < -0.4 is 10.6 Å². The maximum Gasteiger partial charge on any atom is 0.407 e. The molecule has 0 spiro atoms. The van der Waals surface area contributed by atoms with Gasteiger partial charge in [-0.25, -0.2) is 4.79 Å². The van der Waals surface area contributed by atoms with Crippen LogP contribution in [0.3, 0.4) is 0 Å². The van der Waals surface area contributed by atoms with Crippen LogP contribution in [0.2, 0.25) is 0 Å². The van der Waals surface area contributed by atoms with Crippen molar-refractivity contribution in [1.82, 2.24) is 15.5 Å². The SMILES string of the molecule is CCNC(=NCC(NC(=O)OC(C)(C)C)C(C)C)N1CCC(C(=O)OCC)CC1.I. The summed E-state index contributed by atoms with van der Waals surface area (Å²) in [4.78, 5) is 31.0. The lowest BCUT2D eigenvalue weighted by Crippen LogP contribution is -2.48. The predicted molar refractivity (Wildman–Crippen MR) is 130 cm³/mol. The highest BCUT2D eigenvalue weighted by Gasteiger charge is 2.28. The second-order valence-corrected chi connectivity index (χ2v) is 8.70. The minimum atomic E-state index is -0.535. The molecule has 0 radical (unpaired) electrons. The molecule has 30 heavy (non-hydrogen) atoms. The van der Waals surface area contributed by atoms with Crippen LogP contribution in [0.15, 0.2) is 4.99 Å². The Balaban J connectivity index is 0.00000841. The number of hydrogen-bond acceptors (Lipinski definition) is 5. The molecule has 1 amide bonds. The molecule has 1 unspecified atom stereocenters. The molecule has 0 aromatic rings. The normalized spacial score (nSPS) is 16.5. The number of hydrogen-bond donors (Lipinski definition) is 2. The third kappa shape index (κ3) is 10.7. The van der Waals surface area contributed by atoms with Gasteiger partial charge >= 0.3 is 12.1 Å². The lowest BCUT2D eigenvalue weighted by Gasteiger charge is -2.33. The van der Waals surface area contributed by atoms with Crippen LogP contribution in [-0.4, -0.2) is 67.4 Å². The van der Waals surface area contributed by atoms with Gasteiger partial charge in [-0.3, -0.25) is 9.79 Å². The van der Waals surface area contributed by atoms with Crippen molar-refractivity contribution >= 4 is 42.0 Å². The fourth-order valence-corrected chi connectivity index (χ4v) is 3.08. The van der Waals surface area contributed by atoms with E-state index in [2.05, 4.69) is 29.4 Å². The minimum Gasteiger partial charge on any atom is -0.466 e. The number of ether oxygens (including phenoxy) is 2. The van der Waals surface area contributed by atoms with Crippen molar-refractivity contribution in [3.8, 4) is 0 Å². The van der Waals surface area contributed by atoms with Crippen LogP contribution >= 0.6 is 24.0 Å². The topological polar surface area (TPSA) is 92.3 Å². The Morgan fingerprint density at radius 2 is 1.77 bits per heavy atom. The van der Waals surface area contributed by atoms with Crippen molar-refractivity contribution in [2.75, 3.05) is 32.8 Å². The average Bonchev–Trinajstić information content (AvgIpc) is 2.62. The molecule has 0 saturated carbocycles. The first-order chi connectivity index (χ1) is 13.6. The van der Waals surface area contributed by atoms with E-state index in [-0.39, 0.29) is 47.8 Å². The summed E-state index contributed by atoms with van der Waals surface area (Å²) in [5.74, 6) is 0.886. The van der Waals surface area contributed by atoms with Gasteiger partial charge < -0.3 is 25.0 Å². The van der Waals surface area contributed by atoms with E-state index in [1.165, 1.54) is 0 Å². The summed E-state index contributed by atoms with van der Waals surface area (Å²) in [5, 5.41) is 6.26. The second kappa shape index (κ2) is 13.9. The van der Waals surface area contributed by atoms with E-state index in [9.17, 15) is 9.59 Å². The van der Waals surface area contributed by atoms with Crippen molar-refractivity contribution in [1.29, 1.82) is 0 Å². The average molecular weight is 540 g/mol. The molecule has 1 heterocycles. The van der Waals surface area contributed by atoms with Gasteiger partial charge in [-0.05, 0) is 53.4 Å². The Kier molecular flexibility index (Phi) is 13.3. The Morgan fingerprint density at radius 3 is 2.23 bits per heavy atom. The number of halogens is 1. The van der Waals surface area contributed by atoms with Gasteiger partial charge in [0.05, 0.1) is 25.1 Å². The standard InChI is InChI=1S/C21H40N4O4.HI/c1-8-22-19(25-12-10-16(11-13-25)18(26)28-9-2)23-14-17(15(3)4)24-20(27)29-21(5,6)7;/h15-17H,8-14H2,1-7H3,(H,22,23)(H,24,27);1H. The maximum absolute atomic E-state index is 12.1. The molecule has 1 saturated heterocycles.